The van der Waals surface area contributed by atoms with Crippen LogP contribution >= 0.6 is 8.25 Å². The van der Waals surface area contributed by atoms with Gasteiger partial charge in [-0.05, 0) is 30.6 Å². The van der Waals surface area contributed by atoms with Crippen molar-refractivity contribution in [1.29, 1.82) is 0 Å². The summed E-state index contributed by atoms with van der Waals surface area (Å²) < 4.78 is 16.1. The molecule has 0 rings (SSSR count). The minimum absolute atomic E-state index is 0.0908. The van der Waals surface area contributed by atoms with Crippen molar-refractivity contribution >= 4 is 8.25 Å². The maximum absolute atomic E-state index is 10.9. The molecule has 0 saturated carbocycles. The standard InChI is InChI=1S/C16H35O3P/c1-5-9-11-15(7-3)13-16(8-4,12-10-6-2)14-19-20(17)18/h15,20H,5-14H2,1-4H3,(H,17,18). The molecule has 0 aromatic rings. The van der Waals surface area contributed by atoms with Gasteiger partial charge in [0, 0.05) is 0 Å². The van der Waals surface area contributed by atoms with E-state index in [1.54, 1.807) is 0 Å². The first-order valence-corrected chi connectivity index (χ1v) is 9.65. The molecule has 3 nitrogen and oxygen atoms in total. The van der Waals surface area contributed by atoms with Crippen molar-refractivity contribution in [3.05, 3.63) is 0 Å². The Balaban J connectivity index is 4.71. The summed E-state index contributed by atoms with van der Waals surface area (Å²) in [5.74, 6) is 0.719. The van der Waals surface area contributed by atoms with Crippen LogP contribution in [0.25, 0.3) is 0 Å². The van der Waals surface area contributed by atoms with E-state index in [0.717, 1.165) is 25.2 Å². The lowest BCUT2D eigenvalue weighted by Crippen LogP contribution is -2.28. The van der Waals surface area contributed by atoms with Gasteiger partial charge in [-0.15, -0.1) is 0 Å². The molecule has 0 heterocycles. The first kappa shape index (κ1) is 20.1. The molecule has 0 spiro atoms. The molecular weight excluding hydrogens is 271 g/mol. The van der Waals surface area contributed by atoms with Crippen LogP contribution in [0.15, 0.2) is 0 Å². The molecule has 20 heavy (non-hydrogen) atoms. The fourth-order valence-electron chi connectivity index (χ4n) is 2.98. The normalized spacial score (nSPS) is 17.6. The summed E-state index contributed by atoms with van der Waals surface area (Å²) in [6.07, 6.45) is 10.6. The first-order chi connectivity index (χ1) is 9.53. The lowest BCUT2D eigenvalue weighted by molar-refractivity contribution is 0.0869. The molecule has 0 bridgehead atoms. The molecule has 0 aromatic carbocycles. The van der Waals surface area contributed by atoms with Gasteiger partial charge >= 0.3 is 8.25 Å². The molecule has 0 radical (unpaired) electrons. The molecule has 0 aliphatic heterocycles. The van der Waals surface area contributed by atoms with Crippen LogP contribution in [0.1, 0.15) is 85.5 Å². The Labute approximate surface area is 126 Å². The number of rotatable bonds is 13. The summed E-state index contributed by atoms with van der Waals surface area (Å²) in [5.41, 5.74) is 0.0908. The van der Waals surface area contributed by atoms with E-state index >= 15 is 0 Å². The Hall–Kier alpha value is 0.150. The van der Waals surface area contributed by atoms with Gasteiger partial charge in [-0.3, -0.25) is 4.57 Å². The summed E-state index contributed by atoms with van der Waals surface area (Å²) in [5, 5.41) is 0. The van der Waals surface area contributed by atoms with Gasteiger partial charge in [0.15, 0.2) is 0 Å². The second-order valence-electron chi connectivity index (χ2n) is 6.13. The van der Waals surface area contributed by atoms with E-state index in [1.807, 2.05) is 0 Å². The van der Waals surface area contributed by atoms with Crippen molar-refractivity contribution in [1.82, 2.24) is 0 Å². The zero-order chi connectivity index (χ0) is 15.4. The second-order valence-corrected chi connectivity index (χ2v) is 6.95. The second kappa shape index (κ2) is 11.8. The molecule has 122 valence electrons. The lowest BCUT2D eigenvalue weighted by Gasteiger charge is -2.35. The first-order valence-electron chi connectivity index (χ1n) is 8.39. The topological polar surface area (TPSA) is 46.5 Å². The largest absolute Gasteiger partial charge is 0.326 e. The van der Waals surface area contributed by atoms with E-state index in [0.29, 0.717) is 6.61 Å². The molecule has 4 heteroatoms. The molecule has 3 atom stereocenters. The average Bonchev–Trinajstić information content (AvgIpc) is 2.46. The summed E-state index contributed by atoms with van der Waals surface area (Å²) in [7, 11) is -2.81. The zero-order valence-electron chi connectivity index (χ0n) is 13.9. The Bertz CT molecular complexity index is 258. The van der Waals surface area contributed by atoms with E-state index in [9.17, 15) is 4.57 Å². The minimum atomic E-state index is -2.81. The molecule has 0 aliphatic rings. The molecular formula is C16H35O3P. The van der Waals surface area contributed by atoms with Gasteiger partial charge in [0.25, 0.3) is 0 Å². The van der Waals surface area contributed by atoms with Gasteiger partial charge in [-0.1, -0.05) is 66.2 Å². The Morgan fingerprint density at radius 1 is 1.15 bits per heavy atom. The van der Waals surface area contributed by atoms with Crippen molar-refractivity contribution in [3.8, 4) is 0 Å². The lowest BCUT2D eigenvalue weighted by atomic mass is 9.72. The van der Waals surface area contributed by atoms with E-state index in [4.69, 9.17) is 9.42 Å². The Morgan fingerprint density at radius 3 is 2.25 bits per heavy atom. The highest BCUT2D eigenvalue weighted by Crippen LogP contribution is 2.40. The third-order valence-corrected chi connectivity index (χ3v) is 4.97. The highest BCUT2D eigenvalue weighted by molar-refractivity contribution is 7.32. The summed E-state index contributed by atoms with van der Waals surface area (Å²) in [4.78, 5) is 8.99. The minimum Gasteiger partial charge on any atom is -0.326 e. The fourth-order valence-corrected chi connectivity index (χ4v) is 3.41. The molecule has 0 fully saturated rings. The van der Waals surface area contributed by atoms with Crippen LogP contribution in [0.2, 0.25) is 0 Å². The molecule has 0 aliphatic carbocycles. The maximum atomic E-state index is 10.9. The van der Waals surface area contributed by atoms with Crippen LogP contribution in [-0.4, -0.2) is 11.5 Å². The van der Waals surface area contributed by atoms with Crippen LogP contribution in [0, 0.1) is 11.3 Å². The van der Waals surface area contributed by atoms with Gasteiger partial charge in [-0.2, -0.15) is 0 Å². The maximum Gasteiger partial charge on any atom is 0.316 e. The SMILES string of the molecule is CCCCC(CC)CC(CC)(CCCC)CO[PH](=O)O. The molecule has 3 unspecified atom stereocenters. The number of hydrogen-bond acceptors (Lipinski definition) is 2. The van der Waals surface area contributed by atoms with Gasteiger partial charge < -0.3 is 9.42 Å². The Morgan fingerprint density at radius 2 is 1.80 bits per heavy atom. The summed E-state index contributed by atoms with van der Waals surface area (Å²) in [6.45, 7) is 9.33. The van der Waals surface area contributed by atoms with Gasteiger partial charge in [0.1, 0.15) is 0 Å². The van der Waals surface area contributed by atoms with Crippen molar-refractivity contribution in [2.75, 3.05) is 6.61 Å². The highest BCUT2D eigenvalue weighted by atomic mass is 31.1. The number of hydrogen-bond donors (Lipinski definition) is 1. The van der Waals surface area contributed by atoms with Crippen molar-refractivity contribution < 1.29 is 14.0 Å². The fraction of sp³-hybridized carbons (Fsp3) is 1.00. The quantitative estimate of drug-likeness (QED) is 0.452. The van der Waals surface area contributed by atoms with E-state index in [1.165, 1.54) is 38.5 Å². The monoisotopic (exact) mass is 306 g/mol. The molecule has 0 saturated heterocycles. The van der Waals surface area contributed by atoms with Crippen LogP contribution in [0.5, 0.6) is 0 Å². The predicted molar refractivity (Wildman–Crippen MR) is 87.3 cm³/mol. The smallest absolute Gasteiger partial charge is 0.316 e. The van der Waals surface area contributed by atoms with Crippen LogP contribution in [0.3, 0.4) is 0 Å². The molecule has 1 N–H and O–H groups in total. The van der Waals surface area contributed by atoms with Gasteiger partial charge in [0.2, 0.25) is 0 Å². The van der Waals surface area contributed by atoms with Crippen LogP contribution in [0.4, 0.5) is 0 Å². The molecule has 0 aromatic heterocycles. The van der Waals surface area contributed by atoms with E-state index in [2.05, 4.69) is 27.7 Å². The van der Waals surface area contributed by atoms with Crippen molar-refractivity contribution in [2.24, 2.45) is 11.3 Å². The van der Waals surface area contributed by atoms with Crippen LogP contribution in [-0.2, 0) is 9.09 Å². The van der Waals surface area contributed by atoms with E-state index in [-0.39, 0.29) is 5.41 Å². The zero-order valence-corrected chi connectivity index (χ0v) is 14.9. The van der Waals surface area contributed by atoms with Gasteiger partial charge in [-0.25, -0.2) is 0 Å². The van der Waals surface area contributed by atoms with E-state index < -0.39 is 8.25 Å². The predicted octanol–water partition coefficient (Wildman–Crippen LogP) is 5.58. The summed E-state index contributed by atoms with van der Waals surface area (Å²) in [6, 6.07) is 0. The van der Waals surface area contributed by atoms with Crippen molar-refractivity contribution in [2.45, 2.75) is 85.5 Å². The number of unbranched alkanes of at least 4 members (excludes halogenated alkanes) is 2. The van der Waals surface area contributed by atoms with Gasteiger partial charge in [0.05, 0.1) is 6.61 Å². The van der Waals surface area contributed by atoms with Crippen molar-refractivity contribution in [3.63, 3.8) is 0 Å². The third-order valence-electron chi connectivity index (χ3n) is 4.58. The highest BCUT2D eigenvalue weighted by Gasteiger charge is 2.31. The Kier molecular flexibility index (Phi) is 11.9. The average molecular weight is 306 g/mol. The molecule has 0 amide bonds. The third kappa shape index (κ3) is 8.44. The van der Waals surface area contributed by atoms with Crippen LogP contribution < -0.4 is 0 Å². The summed E-state index contributed by atoms with van der Waals surface area (Å²) >= 11 is 0.